The van der Waals surface area contributed by atoms with Gasteiger partial charge in [0.15, 0.2) is 17.5 Å². The molecule has 2 unspecified atom stereocenters. The van der Waals surface area contributed by atoms with E-state index in [0.717, 1.165) is 17.2 Å². The van der Waals surface area contributed by atoms with Gasteiger partial charge in [0.2, 0.25) is 0 Å². The summed E-state index contributed by atoms with van der Waals surface area (Å²) in [6, 6.07) is 3.30. The third kappa shape index (κ3) is 4.42. The maximum Gasteiger partial charge on any atom is 0.164 e. The normalized spacial score (nSPS) is 20.7. The van der Waals surface area contributed by atoms with Gasteiger partial charge in [0.25, 0.3) is 0 Å². The van der Waals surface area contributed by atoms with Crippen LogP contribution in [0.2, 0.25) is 0 Å². The van der Waals surface area contributed by atoms with Crippen molar-refractivity contribution in [1.29, 1.82) is 0 Å². The molecule has 4 nitrogen and oxygen atoms in total. The van der Waals surface area contributed by atoms with Crippen LogP contribution in [0.1, 0.15) is 34.9 Å². The summed E-state index contributed by atoms with van der Waals surface area (Å²) in [5.74, 6) is -1.14. The van der Waals surface area contributed by atoms with Gasteiger partial charge in [-0.1, -0.05) is 133 Å². The van der Waals surface area contributed by atoms with Crippen LogP contribution in [0.15, 0.2) is 150 Å². The largest absolute Gasteiger partial charge is 0.456 e. The second kappa shape index (κ2) is 10.4. The smallest absolute Gasteiger partial charge is 0.164 e. The molecule has 212 valence electrons. The summed E-state index contributed by atoms with van der Waals surface area (Å²) in [5.41, 5.74) is 1.47. The summed E-state index contributed by atoms with van der Waals surface area (Å²) < 4.78 is 119. The fourth-order valence-corrected chi connectivity index (χ4v) is 5.84. The van der Waals surface area contributed by atoms with E-state index in [1.807, 2.05) is 30.4 Å². The van der Waals surface area contributed by atoms with Gasteiger partial charge in [-0.05, 0) is 40.4 Å². The number of nitrogens with zero attached hydrogens (tertiary/aromatic N) is 3. The zero-order valence-corrected chi connectivity index (χ0v) is 23.3. The number of hydrogen-bond acceptors (Lipinski definition) is 4. The van der Waals surface area contributed by atoms with Crippen LogP contribution >= 0.6 is 0 Å². The molecule has 2 aliphatic carbocycles. The third-order valence-electron chi connectivity index (χ3n) is 7.97. The molecule has 2 aromatic heterocycles. The number of rotatable bonds is 4. The Bertz CT molecular complexity index is 3020. The summed E-state index contributed by atoms with van der Waals surface area (Å²) >= 11 is 0. The van der Waals surface area contributed by atoms with Crippen molar-refractivity contribution in [3.63, 3.8) is 0 Å². The van der Waals surface area contributed by atoms with Gasteiger partial charge in [0.1, 0.15) is 11.2 Å². The van der Waals surface area contributed by atoms with Crippen molar-refractivity contribution in [2.75, 3.05) is 0 Å². The molecule has 2 aliphatic rings. The van der Waals surface area contributed by atoms with Gasteiger partial charge in [0, 0.05) is 39.3 Å². The van der Waals surface area contributed by atoms with Crippen LogP contribution < -0.4 is 0 Å². The maximum absolute atomic E-state index is 9.26. The number of fused-ring (bicyclic) bond motifs is 6. The molecule has 2 atom stereocenters. The second-order valence-corrected chi connectivity index (χ2v) is 10.6. The Labute approximate surface area is 279 Å². The van der Waals surface area contributed by atoms with E-state index in [-0.39, 0.29) is 80.5 Å². The number of benzene rings is 5. The van der Waals surface area contributed by atoms with Crippen LogP contribution in [-0.4, -0.2) is 15.0 Å². The Kier molecular flexibility index (Phi) is 3.63. The Morgan fingerprint density at radius 3 is 2.22 bits per heavy atom. The minimum Gasteiger partial charge on any atom is -0.456 e. The summed E-state index contributed by atoms with van der Waals surface area (Å²) in [4.78, 5) is 13.5. The van der Waals surface area contributed by atoms with Gasteiger partial charge in [-0.2, -0.15) is 0 Å². The lowest BCUT2D eigenvalue weighted by atomic mass is 9.76. The van der Waals surface area contributed by atoms with E-state index in [0.29, 0.717) is 5.56 Å². The predicted octanol–water partition coefficient (Wildman–Crippen LogP) is 10.3. The number of allylic oxidation sites excluding steroid dienone is 5. The van der Waals surface area contributed by atoms with E-state index in [4.69, 9.17) is 16.8 Å². The summed E-state index contributed by atoms with van der Waals surface area (Å²) in [6.45, 7) is 0. The van der Waals surface area contributed by atoms with E-state index in [9.17, 15) is 5.48 Å². The van der Waals surface area contributed by atoms with Crippen molar-refractivity contribution in [1.82, 2.24) is 15.0 Å². The number of aromatic nitrogens is 3. The van der Waals surface area contributed by atoms with Crippen LogP contribution in [-0.2, 0) is 0 Å². The molecule has 0 spiro atoms. The predicted molar refractivity (Wildman–Crippen MR) is 182 cm³/mol. The van der Waals surface area contributed by atoms with Crippen molar-refractivity contribution >= 4 is 28.0 Å². The van der Waals surface area contributed by atoms with E-state index in [1.165, 1.54) is 12.1 Å². The van der Waals surface area contributed by atoms with Crippen LogP contribution in [0.4, 0.5) is 0 Å². The van der Waals surface area contributed by atoms with Crippen LogP contribution in [0.3, 0.4) is 0 Å². The molecule has 45 heavy (non-hydrogen) atoms. The van der Waals surface area contributed by atoms with Gasteiger partial charge in [0.05, 0.1) is 17.8 Å². The zero-order valence-electron chi connectivity index (χ0n) is 36.3. The molecular weight excluding hydrogens is 550 g/mol. The summed E-state index contributed by atoms with van der Waals surface area (Å²) in [7, 11) is 0. The zero-order chi connectivity index (χ0) is 41.1. The van der Waals surface area contributed by atoms with Crippen molar-refractivity contribution in [2.24, 2.45) is 5.92 Å². The fraction of sp³-hybridized carbons (Fsp3) is 0.0488. The Balaban J connectivity index is 1.33. The monoisotopic (exact) mass is 590 g/mol. The first kappa shape index (κ1) is 15.7. The lowest BCUT2D eigenvalue weighted by Crippen LogP contribution is -2.13. The van der Waals surface area contributed by atoms with E-state index in [2.05, 4.69) is 33.2 Å². The Morgan fingerprint density at radius 1 is 0.600 bits per heavy atom. The van der Waals surface area contributed by atoms with Gasteiger partial charge in [-0.15, -0.1) is 0 Å². The molecule has 0 amide bonds. The van der Waals surface area contributed by atoms with Gasteiger partial charge >= 0.3 is 0 Å². The lowest BCUT2D eigenvalue weighted by Gasteiger charge is -2.27. The van der Waals surface area contributed by atoms with Crippen molar-refractivity contribution < 1.29 is 22.2 Å². The average molecular weight is 591 g/mol. The molecule has 2 heterocycles. The molecule has 0 aliphatic heterocycles. The maximum atomic E-state index is 9.26. The van der Waals surface area contributed by atoms with E-state index in [1.54, 1.807) is 6.07 Å². The van der Waals surface area contributed by atoms with E-state index >= 15 is 0 Å². The number of furan rings is 1. The first-order valence-corrected chi connectivity index (χ1v) is 14.2. The molecule has 7 aromatic rings. The highest BCUT2D eigenvalue weighted by molar-refractivity contribution is 6.11. The van der Waals surface area contributed by atoms with Gasteiger partial charge < -0.3 is 4.42 Å². The van der Waals surface area contributed by atoms with Crippen LogP contribution in [0.5, 0.6) is 0 Å². The second-order valence-electron chi connectivity index (χ2n) is 10.6. The lowest BCUT2D eigenvalue weighted by molar-refractivity contribution is 0.669. The molecule has 5 aromatic carbocycles. The third-order valence-corrected chi connectivity index (χ3v) is 7.97. The first-order valence-electron chi connectivity index (χ1n) is 20.7. The SMILES string of the molecule is [2H]c1cc([2H])c2oc3c([2H])cc([2H])c(-c4nc(-c5c([2H])c([2H])c([2H])c([2H])c5[2H])nc(-c5c([2H])c([2H])c(-c6ccc7c(c6)C6C=CC=CC6C=C7)c([2H])c5[2H])n4)c3c2c1. The Hall–Kier alpha value is -5.87. The summed E-state index contributed by atoms with van der Waals surface area (Å²) in [6.07, 6.45) is 12.2. The highest BCUT2D eigenvalue weighted by Gasteiger charge is 2.24. The molecule has 9 rings (SSSR count). The summed E-state index contributed by atoms with van der Waals surface area (Å²) in [5, 5.41) is 0.276. The molecule has 0 N–H and O–H groups in total. The number of hydrogen-bond donors (Lipinski definition) is 0. The molecule has 4 heteroatoms. The molecule has 0 bridgehead atoms. The fourth-order valence-electron chi connectivity index (χ4n) is 5.84. The molecule has 0 fully saturated rings. The highest BCUT2D eigenvalue weighted by Crippen LogP contribution is 2.40. The highest BCUT2D eigenvalue weighted by atomic mass is 16.3. The number of para-hydroxylation sites is 1. The van der Waals surface area contributed by atoms with Crippen molar-refractivity contribution in [3.8, 4) is 45.3 Å². The topological polar surface area (TPSA) is 51.8 Å². The van der Waals surface area contributed by atoms with Crippen LogP contribution in [0.25, 0.3) is 73.3 Å². The quantitative estimate of drug-likeness (QED) is 0.205. The standard InChI is InChI=1S/C41H27N3O/c1-2-10-29(11-3-1)39-42-40(44-41(43-39)34-14-8-16-37-38(34)33-13-6-7-15-36(33)45-37)30-22-17-26(18-23-30)31-24-21-28-20-19-27-9-4-5-12-32(27)35(28)25-31/h1-25,27,32H/i1D,2D,3D,6D,10D,11D,14D,15D,16D,17D,18D,22D,23D. The van der Waals surface area contributed by atoms with Crippen LogP contribution in [0, 0.1) is 5.92 Å². The molecule has 0 saturated carbocycles. The minimum atomic E-state index is -0.686. The van der Waals surface area contributed by atoms with Crippen molar-refractivity contribution in [3.05, 3.63) is 156 Å². The average Bonchev–Trinajstić information content (AvgIpc) is 3.58. The first-order chi connectivity index (χ1) is 27.7. The minimum absolute atomic E-state index is 0.0198. The van der Waals surface area contributed by atoms with Crippen molar-refractivity contribution in [2.45, 2.75) is 5.92 Å². The van der Waals surface area contributed by atoms with E-state index < -0.39 is 71.6 Å². The molecule has 0 radical (unpaired) electrons. The van der Waals surface area contributed by atoms with Gasteiger partial charge in [-0.3, -0.25) is 0 Å². The Morgan fingerprint density at radius 2 is 1.36 bits per heavy atom. The molecular formula is C41H27N3O. The van der Waals surface area contributed by atoms with Gasteiger partial charge in [-0.25, -0.2) is 15.0 Å². The molecule has 0 saturated heterocycles.